The Kier molecular flexibility index (Phi) is 4.01. The van der Waals surface area contributed by atoms with E-state index in [4.69, 9.17) is 17.3 Å². The number of halogens is 1. The summed E-state index contributed by atoms with van der Waals surface area (Å²) >= 11 is 8.12. The minimum absolute atomic E-state index is 0.0252. The second-order valence-electron chi connectivity index (χ2n) is 5.49. The van der Waals surface area contributed by atoms with Crippen LogP contribution in [0.2, 0.25) is 5.02 Å². The van der Waals surface area contributed by atoms with Gasteiger partial charge in [0, 0.05) is 29.3 Å². The molecule has 1 unspecified atom stereocenters. The van der Waals surface area contributed by atoms with Gasteiger partial charge < -0.3 is 10.6 Å². The van der Waals surface area contributed by atoms with E-state index in [2.05, 4.69) is 39.9 Å². The maximum Gasteiger partial charge on any atom is 0.0474 e. The van der Waals surface area contributed by atoms with Crippen LogP contribution in [0.15, 0.2) is 35.0 Å². The maximum absolute atomic E-state index is 6.37. The molecular weight excluding hydrogens is 288 g/mol. The number of anilines is 1. The Bertz CT molecular complexity index is 576. The lowest BCUT2D eigenvalue weighted by Crippen LogP contribution is -2.24. The van der Waals surface area contributed by atoms with Crippen LogP contribution in [0.3, 0.4) is 0 Å². The van der Waals surface area contributed by atoms with E-state index in [-0.39, 0.29) is 6.04 Å². The van der Waals surface area contributed by atoms with Gasteiger partial charge in [0.05, 0.1) is 0 Å². The van der Waals surface area contributed by atoms with Crippen molar-refractivity contribution < 1.29 is 0 Å². The zero-order chi connectivity index (χ0) is 14.1. The molecule has 0 bridgehead atoms. The van der Waals surface area contributed by atoms with E-state index in [1.165, 1.54) is 24.1 Å². The van der Waals surface area contributed by atoms with Crippen molar-refractivity contribution >= 4 is 28.6 Å². The molecule has 1 saturated carbocycles. The summed E-state index contributed by atoms with van der Waals surface area (Å²) in [5.41, 5.74) is 9.51. The van der Waals surface area contributed by atoms with Crippen LogP contribution in [-0.2, 0) is 6.54 Å². The maximum atomic E-state index is 6.37. The van der Waals surface area contributed by atoms with Gasteiger partial charge in [-0.1, -0.05) is 17.7 Å². The molecule has 20 heavy (non-hydrogen) atoms. The fourth-order valence-corrected chi connectivity index (χ4v) is 3.47. The van der Waals surface area contributed by atoms with Gasteiger partial charge in [0.15, 0.2) is 0 Å². The second-order valence-corrected chi connectivity index (χ2v) is 6.67. The molecule has 4 heteroatoms. The zero-order valence-corrected chi connectivity index (χ0v) is 13.1. The van der Waals surface area contributed by atoms with Gasteiger partial charge in [-0.25, -0.2) is 0 Å². The summed E-state index contributed by atoms with van der Waals surface area (Å²) in [6.07, 6.45) is 2.55. The Hall–Kier alpha value is -1.03. The van der Waals surface area contributed by atoms with Gasteiger partial charge >= 0.3 is 0 Å². The number of rotatable bonds is 5. The molecule has 1 aromatic heterocycles. The molecule has 0 saturated heterocycles. The number of benzene rings is 1. The molecule has 1 aromatic carbocycles. The molecule has 0 amide bonds. The monoisotopic (exact) mass is 306 g/mol. The molecule has 1 heterocycles. The fourth-order valence-electron chi connectivity index (χ4n) is 2.46. The molecule has 2 nitrogen and oxygen atoms in total. The van der Waals surface area contributed by atoms with Crippen molar-refractivity contribution in [2.24, 2.45) is 5.73 Å². The van der Waals surface area contributed by atoms with Crippen LogP contribution >= 0.6 is 22.9 Å². The first-order valence-corrected chi connectivity index (χ1v) is 8.30. The molecule has 1 aliphatic rings. The van der Waals surface area contributed by atoms with E-state index >= 15 is 0 Å². The molecule has 0 aliphatic heterocycles. The summed E-state index contributed by atoms with van der Waals surface area (Å²) < 4.78 is 0. The third kappa shape index (κ3) is 3.00. The minimum atomic E-state index is -0.0252. The van der Waals surface area contributed by atoms with Gasteiger partial charge in [0.2, 0.25) is 0 Å². The number of hydrogen-bond donors (Lipinski definition) is 1. The molecule has 3 rings (SSSR count). The number of nitrogens with two attached hydrogens (primary N) is 1. The van der Waals surface area contributed by atoms with Crippen LogP contribution in [-0.4, -0.2) is 6.04 Å². The predicted molar refractivity (Wildman–Crippen MR) is 87.6 cm³/mol. The number of hydrogen-bond acceptors (Lipinski definition) is 3. The molecule has 1 aliphatic carbocycles. The Morgan fingerprint density at radius 3 is 2.75 bits per heavy atom. The largest absolute Gasteiger partial charge is 0.364 e. The van der Waals surface area contributed by atoms with E-state index in [0.29, 0.717) is 6.04 Å². The molecule has 0 radical (unpaired) electrons. The minimum Gasteiger partial charge on any atom is -0.364 e. The second kappa shape index (κ2) is 5.76. The summed E-state index contributed by atoms with van der Waals surface area (Å²) in [6, 6.07) is 9.10. The molecule has 1 atom stereocenters. The van der Waals surface area contributed by atoms with E-state index < -0.39 is 0 Å². The lowest BCUT2D eigenvalue weighted by Gasteiger charge is -2.25. The molecule has 1 fully saturated rings. The van der Waals surface area contributed by atoms with Crippen molar-refractivity contribution in [1.29, 1.82) is 0 Å². The average Bonchev–Trinajstić information content (AvgIpc) is 3.12. The van der Waals surface area contributed by atoms with E-state index in [0.717, 1.165) is 17.1 Å². The van der Waals surface area contributed by atoms with Crippen molar-refractivity contribution in [2.45, 2.75) is 38.4 Å². The number of nitrogens with zero attached hydrogens (tertiary/aromatic N) is 1. The summed E-state index contributed by atoms with van der Waals surface area (Å²) in [6.45, 7) is 2.92. The van der Waals surface area contributed by atoms with Crippen molar-refractivity contribution in [2.75, 3.05) is 4.90 Å². The molecular formula is C16H19ClN2S. The van der Waals surface area contributed by atoms with Crippen molar-refractivity contribution in [1.82, 2.24) is 0 Å². The van der Waals surface area contributed by atoms with E-state index in [1.807, 2.05) is 6.92 Å². The zero-order valence-electron chi connectivity index (χ0n) is 11.6. The lowest BCUT2D eigenvalue weighted by atomic mass is 10.1. The van der Waals surface area contributed by atoms with Gasteiger partial charge in [0.1, 0.15) is 0 Å². The van der Waals surface area contributed by atoms with E-state index in [9.17, 15) is 0 Å². The van der Waals surface area contributed by atoms with Gasteiger partial charge in [-0.2, -0.15) is 11.3 Å². The van der Waals surface area contributed by atoms with Crippen molar-refractivity contribution in [3.05, 3.63) is 51.2 Å². The highest BCUT2D eigenvalue weighted by molar-refractivity contribution is 7.07. The van der Waals surface area contributed by atoms with Crippen LogP contribution in [0.1, 0.15) is 36.9 Å². The highest BCUT2D eigenvalue weighted by atomic mass is 35.5. The van der Waals surface area contributed by atoms with Crippen molar-refractivity contribution in [3.8, 4) is 0 Å². The van der Waals surface area contributed by atoms with Crippen LogP contribution in [0.25, 0.3) is 0 Å². The lowest BCUT2D eigenvalue weighted by molar-refractivity contribution is 0.791. The third-order valence-electron chi connectivity index (χ3n) is 3.73. The highest BCUT2D eigenvalue weighted by Gasteiger charge is 2.29. The summed E-state index contributed by atoms with van der Waals surface area (Å²) in [5, 5.41) is 5.12. The molecule has 2 N–H and O–H groups in total. The predicted octanol–water partition coefficient (Wildman–Crippen LogP) is 4.59. The van der Waals surface area contributed by atoms with Gasteiger partial charge in [-0.05, 0) is 59.9 Å². The standard InChI is InChI=1S/C16H19ClN2S/c1-11(18)15-5-4-14(8-16(15)17)19(13-2-3-13)9-12-6-7-20-10-12/h4-8,10-11,13H,2-3,9,18H2,1H3. The van der Waals surface area contributed by atoms with Crippen LogP contribution < -0.4 is 10.6 Å². The smallest absolute Gasteiger partial charge is 0.0474 e. The van der Waals surface area contributed by atoms with Crippen LogP contribution in [0.4, 0.5) is 5.69 Å². The number of thiophene rings is 1. The topological polar surface area (TPSA) is 29.3 Å². The van der Waals surface area contributed by atoms with Crippen molar-refractivity contribution in [3.63, 3.8) is 0 Å². The first-order chi connectivity index (χ1) is 9.65. The van der Waals surface area contributed by atoms with Gasteiger partial charge in [-0.3, -0.25) is 0 Å². The summed E-state index contributed by atoms with van der Waals surface area (Å²) in [4.78, 5) is 2.46. The molecule has 106 valence electrons. The normalized spacial score (nSPS) is 16.1. The van der Waals surface area contributed by atoms with Gasteiger partial charge in [0.25, 0.3) is 0 Å². The molecule has 0 spiro atoms. The SMILES string of the molecule is CC(N)c1ccc(N(Cc2ccsc2)C2CC2)cc1Cl. The first kappa shape index (κ1) is 13.9. The third-order valence-corrected chi connectivity index (χ3v) is 4.79. The summed E-state index contributed by atoms with van der Waals surface area (Å²) in [7, 11) is 0. The Labute approximate surface area is 129 Å². The Morgan fingerprint density at radius 2 is 2.20 bits per heavy atom. The first-order valence-electron chi connectivity index (χ1n) is 6.98. The summed E-state index contributed by atoms with van der Waals surface area (Å²) in [5.74, 6) is 0. The molecule has 2 aromatic rings. The fraction of sp³-hybridized carbons (Fsp3) is 0.375. The van der Waals surface area contributed by atoms with E-state index in [1.54, 1.807) is 11.3 Å². The average molecular weight is 307 g/mol. The highest BCUT2D eigenvalue weighted by Crippen LogP contribution is 2.35. The Balaban J connectivity index is 1.86. The quantitative estimate of drug-likeness (QED) is 0.875. The van der Waals surface area contributed by atoms with Crippen LogP contribution in [0, 0.1) is 0 Å². The van der Waals surface area contributed by atoms with Crippen LogP contribution in [0.5, 0.6) is 0 Å². The Morgan fingerprint density at radius 1 is 1.40 bits per heavy atom. The van der Waals surface area contributed by atoms with Gasteiger partial charge in [-0.15, -0.1) is 0 Å².